The van der Waals surface area contributed by atoms with Crippen LogP contribution in [0.15, 0.2) is 64.4 Å². The summed E-state index contributed by atoms with van der Waals surface area (Å²) in [5.41, 5.74) is 1.66. The Morgan fingerprint density at radius 3 is 2.32 bits per heavy atom. The van der Waals surface area contributed by atoms with Crippen LogP contribution in [0.1, 0.15) is 19.3 Å². The SMILES string of the molecule is COc1ccc(-n2cc(O)n(CCCOc3ccc(S(=O)(=O)C4(C(=O)NO)CCOCC4)cc3)c2=O)cc1. The van der Waals surface area contributed by atoms with Crippen molar-refractivity contribution < 1.29 is 37.7 Å². The summed E-state index contributed by atoms with van der Waals surface area (Å²) in [5.74, 6) is -0.134. The van der Waals surface area contributed by atoms with Gasteiger partial charge in [0, 0.05) is 19.8 Å². The highest BCUT2D eigenvalue weighted by Crippen LogP contribution is 2.35. The van der Waals surface area contributed by atoms with Gasteiger partial charge in [-0.05, 0) is 67.8 Å². The van der Waals surface area contributed by atoms with Crippen LogP contribution >= 0.6 is 0 Å². The van der Waals surface area contributed by atoms with Crippen molar-refractivity contribution in [3.63, 3.8) is 0 Å². The predicted octanol–water partition coefficient (Wildman–Crippen LogP) is 1.65. The second-order valence-corrected chi connectivity index (χ2v) is 11.0. The quantitative estimate of drug-likeness (QED) is 0.195. The fourth-order valence-electron chi connectivity index (χ4n) is 4.38. The van der Waals surface area contributed by atoms with Gasteiger partial charge in [0.25, 0.3) is 5.91 Å². The van der Waals surface area contributed by atoms with Crippen LogP contribution in [-0.4, -0.2) is 65.5 Å². The molecule has 1 amide bonds. The van der Waals surface area contributed by atoms with Gasteiger partial charge in [-0.2, -0.15) is 0 Å². The lowest BCUT2D eigenvalue weighted by molar-refractivity contribution is -0.134. The second-order valence-electron chi connectivity index (χ2n) is 8.71. The Morgan fingerprint density at radius 2 is 1.71 bits per heavy atom. The molecule has 0 bridgehead atoms. The molecule has 4 rings (SSSR count). The number of benzene rings is 2. The first-order valence-electron chi connectivity index (χ1n) is 11.9. The zero-order chi connectivity index (χ0) is 27.3. The monoisotopic (exact) mass is 547 g/mol. The molecule has 1 aliphatic heterocycles. The van der Waals surface area contributed by atoms with E-state index in [1.54, 1.807) is 31.4 Å². The van der Waals surface area contributed by atoms with Crippen LogP contribution in [0.3, 0.4) is 0 Å². The summed E-state index contributed by atoms with van der Waals surface area (Å²) in [6, 6.07) is 12.5. The van der Waals surface area contributed by atoms with Crippen molar-refractivity contribution in [2.24, 2.45) is 0 Å². The average molecular weight is 548 g/mol. The number of rotatable bonds is 10. The van der Waals surface area contributed by atoms with E-state index in [4.69, 9.17) is 19.4 Å². The van der Waals surface area contributed by atoms with E-state index in [0.29, 0.717) is 23.6 Å². The van der Waals surface area contributed by atoms with Crippen molar-refractivity contribution in [3.05, 3.63) is 65.2 Å². The van der Waals surface area contributed by atoms with Gasteiger partial charge in [-0.25, -0.2) is 18.7 Å². The summed E-state index contributed by atoms with van der Waals surface area (Å²) in [6.45, 7) is 0.549. The summed E-state index contributed by atoms with van der Waals surface area (Å²) < 4.78 is 43.4. The van der Waals surface area contributed by atoms with Gasteiger partial charge < -0.3 is 19.3 Å². The molecule has 0 unspecified atom stereocenters. The number of methoxy groups -OCH3 is 1. The third-order valence-corrected chi connectivity index (χ3v) is 9.08. The van der Waals surface area contributed by atoms with Crippen LogP contribution in [-0.2, 0) is 25.9 Å². The molecule has 38 heavy (non-hydrogen) atoms. The number of hydroxylamine groups is 1. The number of ether oxygens (including phenoxy) is 3. The molecule has 3 aromatic rings. The van der Waals surface area contributed by atoms with E-state index in [0.717, 1.165) is 0 Å². The number of carbonyl (C=O) groups is 1. The molecule has 1 fully saturated rings. The van der Waals surface area contributed by atoms with Crippen molar-refractivity contribution in [2.45, 2.75) is 35.4 Å². The largest absolute Gasteiger partial charge is 0.497 e. The van der Waals surface area contributed by atoms with E-state index in [1.807, 2.05) is 0 Å². The van der Waals surface area contributed by atoms with Gasteiger partial charge in [0.05, 0.1) is 30.5 Å². The molecule has 0 aliphatic carbocycles. The Morgan fingerprint density at radius 1 is 1.08 bits per heavy atom. The van der Waals surface area contributed by atoms with Crippen LogP contribution in [0.5, 0.6) is 17.4 Å². The predicted molar refractivity (Wildman–Crippen MR) is 135 cm³/mol. The molecule has 0 atom stereocenters. The minimum atomic E-state index is -4.13. The molecular formula is C25H29N3O9S. The number of hydrogen-bond acceptors (Lipinski definition) is 9. The molecule has 0 saturated carbocycles. The van der Waals surface area contributed by atoms with Crippen LogP contribution in [0.2, 0.25) is 0 Å². The average Bonchev–Trinajstić information content (AvgIpc) is 3.23. The molecule has 1 saturated heterocycles. The van der Waals surface area contributed by atoms with Gasteiger partial charge in [-0.1, -0.05) is 0 Å². The van der Waals surface area contributed by atoms with Crippen molar-refractivity contribution in [1.29, 1.82) is 0 Å². The first kappa shape index (κ1) is 27.2. The first-order valence-corrected chi connectivity index (χ1v) is 13.4. The number of sulfone groups is 1. The summed E-state index contributed by atoms with van der Waals surface area (Å²) in [7, 11) is -2.58. The zero-order valence-corrected chi connectivity index (χ0v) is 21.5. The molecule has 13 heteroatoms. The normalized spacial score (nSPS) is 15.1. The third kappa shape index (κ3) is 5.12. The molecule has 0 radical (unpaired) electrons. The summed E-state index contributed by atoms with van der Waals surface area (Å²) in [4.78, 5) is 25.0. The summed E-state index contributed by atoms with van der Waals surface area (Å²) in [6.07, 6.45) is 1.57. The molecule has 2 aromatic carbocycles. The van der Waals surface area contributed by atoms with E-state index in [2.05, 4.69) is 0 Å². The van der Waals surface area contributed by atoms with E-state index in [1.165, 1.54) is 45.1 Å². The van der Waals surface area contributed by atoms with Gasteiger partial charge in [-0.15, -0.1) is 0 Å². The molecule has 0 spiro atoms. The Kier molecular flexibility index (Phi) is 8.09. The summed E-state index contributed by atoms with van der Waals surface area (Å²) >= 11 is 0. The maximum atomic E-state index is 13.3. The van der Waals surface area contributed by atoms with Crippen LogP contribution in [0, 0.1) is 0 Å². The highest BCUT2D eigenvalue weighted by Gasteiger charge is 2.52. The Balaban J connectivity index is 1.38. The minimum Gasteiger partial charge on any atom is -0.497 e. The van der Waals surface area contributed by atoms with E-state index < -0.39 is 26.2 Å². The van der Waals surface area contributed by atoms with E-state index >= 15 is 0 Å². The molecule has 3 N–H and O–H groups in total. The lowest BCUT2D eigenvalue weighted by Crippen LogP contribution is -2.54. The number of nitrogens with zero attached hydrogens (tertiary/aromatic N) is 2. The Hall–Kier alpha value is -3.81. The smallest absolute Gasteiger partial charge is 0.335 e. The molecule has 204 valence electrons. The van der Waals surface area contributed by atoms with Crippen molar-refractivity contribution in [2.75, 3.05) is 26.9 Å². The lowest BCUT2D eigenvalue weighted by atomic mass is 9.98. The molecule has 1 aliphatic rings. The van der Waals surface area contributed by atoms with Crippen molar-refractivity contribution >= 4 is 15.7 Å². The number of aromatic nitrogens is 2. The summed E-state index contributed by atoms with van der Waals surface area (Å²) in [5, 5.41) is 19.4. The molecule has 1 aromatic heterocycles. The maximum Gasteiger partial charge on any atom is 0.335 e. The number of hydrogen-bond donors (Lipinski definition) is 3. The number of amides is 1. The standard InChI is InChI=1S/C25H29N3O9S/c1-35-19-5-3-18(4-6-19)28-17-22(29)27(24(28)31)13-2-14-37-20-7-9-21(10-8-20)38(33,34)25(23(30)26-32)11-15-36-16-12-25/h3-10,17,29,32H,2,11-16H2,1H3,(H,26,30). The number of imidazole rings is 1. The first-order chi connectivity index (χ1) is 18.2. The number of carbonyl (C=O) groups excluding carboxylic acids is 1. The van der Waals surface area contributed by atoms with Crippen molar-refractivity contribution in [1.82, 2.24) is 14.6 Å². The number of aromatic hydroxyl groups is 1. The minimum absolute atomic E-state index is 0.0770. The van der Waals surface area contributed by atoms with E-state index in [9.17, 15) is 23.1 Å². The zero-order valence-electron chi connectivity index (χ0n) is 20.7. The highest BCUT2D eigenvalue weighted by molar-refractivity contribution is 7.93. The van der Waals surface area contributed by atoms with Crippen LogP contribution < -0.4 is 20.6 Å². The topological polar surface area (TPSA) is 158 Å². The highest BCUT2D eigenvalue weighted by atomic mass is 32.2. The van der Waals surface area contributed by atoms with Gasteiger partial charge in [0.15, 0.2) is 14.6 Å². The molecule has 12 nitrogen and oxygen atoms in total. The molecule has 2 heterocycles. The Bertz CT molecular complexity index is 1420. The van der Waals surface area contributed by atoms with Gasteiger partial charge in [0.2, 0.25) is 5.88 Å². The maximum absolute atomic E-state index is 13.3. The van der Waals surface area contributed by atoms with E-state index in [-0.39, 0.29) is 50.0 Å². The van der Waals surface area contributed by atoms with Gasteiger partial charge in [-0.3, -0.25) is 19.1 Å². The lowest BCUT2D eigenvalue weighted by Gasteiger charge is -2.34. The fourth-order valence-corrected chi connectivity index (χ4v) is 6.32. The fraction of sp³-hybridized carbons (Fsp3) is 0.360. The second kappa shape index (κ2) is 11.3. The van der Waals surface area contributed by atoms with Crippen molar-refractivity contribution in [3.8, 4) is 23.1 Å². The molecular weight excluding hydrogens is 518 g/mol. The van der Waals surface area contributed by atoms with Gasteiger partial charge >= 0.3 is 5.69 Å². The Labute approximate surface area is 218 Å². The van der Waals surface area contributed by atoms with Crippen LogP contribution in [0.4, 0.5) is 0 Å². The van der Waals surface area contributed by atoms with Crippen LogP contribution in [0.25, 0.3) is 5.69 Å². The number of nitrogens with one attached hydrogen (secondary N) is 1. The third-order valence-electron chi connectivity index (χ3n) is 6.57. The van der Waals surface area contributed by atoms with Gasteiger partial charge in [0.1, 0.15) is 11.5 Å².